The minimum absolute atomic E-state index is 0.120. The average Bonchev–Trinajstić information content (AvgIpc) is 3.19. The van der Waals surface area contributed by atoms with Crippen LogP contribution in [0.5, 0.6) is 0 Å². The summed E-state index contributed by atoms with van der Waals surface area (Å²) in [5.41, 5.74) is 2.77. The molecule has 0 spiro atoms. The molecule has 3 amide bonds. The van der Waals surface area contributed by atoms with Crippen LogP contribution in [0, 0.1) is 0 Å². The first-order chi connectivity index (χ1) is 13.6. The maximum absolute atomic E-state index is 13.2. The second kappa shape index (κ2) is 7.46. The third-order valence-corrected chi connectivity index (χ3v) is 5.46. The fourth-order valence-electron chi connectivity index (χ4n) is 4.06. The van der Waals surface area contributed by atoms with E-state index in [0.29, 0.717) is 24.2 Å². The molecule has 0 aliphatic carbocycles. The maximum Gasteiger partial charge on any atom is 0.256 e. The van der Waals surface area contributed by atoms with Crippen molar-refractivity contribution in [2.24, 2.45) is 0 Å². The molecule has 0 aromatic heterocycles. The van der Waals surface area contributed by atoms with E-state index in [1.54, 1.807) is 29.2 Å². The highest BCUT2D eigenvalue weighted by molar-refractivity contribution is 6.13. The highest BCUT2D eigenvalue weighted by Gasteiger charge is 2.42. The number of aryl methyl sites for hydroxylation is 1. The Morgan fingerprint density at radius 3 is 2.68 bits per heavy atom. The Morgan fingerprint density at radius 1 is 1.11 bits per heavy atom. The third kappa shape index (κ3) is 3.15. The van der Waals surface area contributed by atoms with Gasteiger partial charge in [0.15, 0.2) is 0 Å². The zero-order valence-electron chi connectivity index (χ0n) is 15.9. The summed E-state index contributed by atoms with van der Waals surface area (Å²) in [5, 5.41) is 2.92. The molecule has 1 atom stereocenters. The van der Waals surface area contributed by atoms with E-state index in [2.05, 4.69) is 5.32 Å². The van der Waals surface area contributed by atoms with Crippen molar-refractivity contribution in [3.8, 4) is 0 Å². The number of nitrogens with one attached hydrogen (secondary N) is 1. The van der Waals surface area contributed by atoms with Gasteiger partial charge in [0.25, 0.3) is 5.91 Å². The largest absolute Gasteiger partial charge is 0.327 e. The molecule has 0 radical (unpaired) electrons. The monoisotopic (exact) mass is 377 g/mol. The topological polar surface area (TPSA) is 69.7 Å². The molecule has 0 saturated carbocycles. The molecule has 1 fully saturated rings. The minimum Gasteiger partial charge on any atom is -0.327 e. The number of rotatable bonds is 4. The Kier molecular flexibility index (Phi) is 4.86. The standard InChI is InChI=1S/C22H23N3O3/c1-2-15-8-3-5-10-17(15)23-20(26)14-25-18-11-6-4-9-16(18)21(27)24-13-7-12-19(24)22(25)28/h3-6,8-11,19H,2,7,12-14H2,1H3,(H,23,26)/t19-/m0/s1. The second-order valence-corrected chi connectivity index (χ2v) is 7.16. The molecule has 28 heavy (non-hydrogen) atoms. The number of nitrogens with zero attached hydrogens (tertiary/aromatic N) is 2. The van der Waals surface area contributed by atoms with Gasteiger partial charge in [0.1, 0.15) is 12.6 Å². The van der Waals surface area contributed by atoms with Crippen molar-refractivity contribution in [1.29, 1.82) is 0 Å². The maximum atomic E-state index is 13.2. The van der Waals surface area contributed by atoms with Crippen LogP contribution < -0.4 is 10.2 Å². The fourth-order valence-corrected chi connectivity index (χ4v) is 4.06. The molecule has 2 aliphatic rings. The van der Waals surface area contributed by atoms with E-state index in [-0.39, 0.29) is 24.3 Å². The lowest BCUT2D eigenvalue weighted by molar-refractivity contribution is -0.124. The van der Waals surface area contributed by atoms with Gasteiger partial charge in [-0.2, -0.15) is 0 Å². The van der Waals surface area contributed by atoms with E-state index in [9.17, 15) is 14.4 Å². The van der Waals surface area contributed by atoms with Crippen molar-refractivity contribution in [3.63, 3.8) is 0 Å². The zero-order chi connectivity index (χ0) is 19.7. The number of anilines is 2. The SMILES string of the molecule is CCc1ccccc1NC(=O)CN1C(=O)[C@@H]2CCCN2C(=O)c2ccccc21. The smallest absolute Gasteiger partial charge is 0.256 e. The Labute approximate surface area is 164 Å². The van der Waals surface area contributed by atoms with E-state index >= 15 is 0 Å². The molecule has 144 valence electrons. The van der Waals surface area contributed by atoms with Crippen LogP contribution in [0.25, 0.3) is 0 Å². The number of carbonyl (C=O) groups excluding carboxylic acids is 3. The van der Waals surface area contributed by atoms with Crippen LogP contribution in [0.4, 0.5) is 11.4 Å². The highest BCUT2D eigenvalue weighted by Crippen LogP contribution is 2.32. The lowest BCUT2D eigenvalue weighted by Crippen LogP contribution is -2.47. The quantitative estimate of drug-likeness (QED) is 0.891. The second-order valence-electron chi connectivity index (χ2n) is 7.16. The number of carbonyl (C=O) groups is 3. The molecule has 4 rings (SSSR count). The van der Waals surface area contributed by atoms with Gasteiger partial charge in [0, 0.05) is 12.2 Å². The summed E-state index contributed by atoms with van der Waals surface area (Å²) >= 11 is 0. The normalized spacial score (nSPS) is 18.5. The van der Waals surface area contributed by atoms with E-state index in [1.165, 1.54) is 4.90 Å². The van der Waals surface area contributed by atoms with Crippen LogP contribution >= 0.6 is 0 Å². The Balaban J connectivity index is 1.64. The van der Waals surface area contributed by atoms with E-state index in [4.69, 9.17) is 0 Å². The van der Waals surface area contributed by atoms with Gasteiger partial charge in [0.2, 0.25) is 11.8 Å². The van der Waals surface area contributed by atoms with Crippen molar-refractivity contribution >= 4 is 29.1 Å². The lowest BCUT2D eigenvalue weighted by atomic mass is 10.1. The molecule has 6 heteroatoms. The van der Waals surface area contributed by atoms with Gasteiger partial charge in [-0.3, -0.25) is 14.4 Å². The van der Waals surface area contributed by atoms with Crippen LogP contribution in [0.1, 0.15) is 35.7 Å². The molecule has 6 nitrogen and oxygen atoms in total. The van der Waals surface area contributed by atoms with E-state index in [0.717, 1.165) is 24.1 Å². The number of hydrogen-bond donors (Lipinski definition) is 1. The van der Waals surface area contributed by atoms with Crippen molar-refractivity contribution in [1.82, 2.24) is 4.90 Å². The third-order valence-electron chi connectivity index (χ3n) is 5.46. The predicted molar refractivity (Wildman–Crippen MR) is 107 cm³/mol. The Morgan fingerprint density at radius 2 is 1.86 bits per heavy atom. The first-order valence-electron chi connectivity index (χ1n) is 9.69. The van der Waals surface area contributed by atoms with Crippen molar-refractivity contribution in [2.75, 3.05) is 23.3 Å². The molecule has 2 aromatic carbocycles. The number of amides is 3. The van der Waals surface area contributed by atoms with Crippen LogP contribution in [0.2, 0.25) is 0 Å². The van der Waals surface area contributed by atoms with Gasteiger partial charge in [-0.1, -0.05) is 37.3 Å². The summed E-state index contributed by atoms with van der Waals surface area (Å²) in [6, 6.07) is 14.2. The molecule has 2 heterocycles. The first kappa shape index (κ1) is 18.2. The van der Waals surface area contributed by atoms with Gasteiger partial charge in [-0.25, -0.2) is 0 Å². The summed E-state index contributed by atoms with van der Waals surface area (Å²) in [7, 11) is 0. The number of hydrogen-bond acceptors (Lipinski definition) is 3. The molecule has 0 unspecified atom stereocenters. The van der Waals surface area contributed by atoms with Gasteiger partial charge in [-0.15, -0.1) is 0 Å². The van der Waals surface area contributed by atoms with Crippen molar-refractivity contribution in [3.05, 3.63) is 59.7 Å². The van der Waals surface area contributed by atoms with Gasteiger partial charge >= 0.3 is 0 Å². The summed E-state index contributed by atoms with van der Waals surface area (Å²) in [5.74, 6) is -0.594. The van der Waals surface area contributed by atoms with Crippen LogP contribution in [0.15, 0.2) is 48.5 Å². The highest BCUT2D eigenvalue weighted by atomic mass is 16.2. The van der Waals surface area contributed by atoms with E-state index < -0.39 is 6.04 Å². The fraction of sp³-hybridized carbons (Fsp3) is 0.318. The van der Waals surface area contributed by atoms with E-state index in [1.807, 2.05) is 31.2 Å². The first-order valence-corrected chi connectivity index (χ1v) is 9.69. The van der Waals surface area contributed by atoms with Gasteiger partial charge in [0.05, 0.1) is 11.3 Å². The minimum atomic E-state index is -0.490. The van der Waals surface area contributed by atoms with Crippen molar-refractivity contribution < 1.29 is 14.4 Å². The number of para-hydroxylation sites is 2. The zero-order valence-corrected chi connectivity index (χ0v) is 15.9. The molecular weight excluding hydrogens is 354 g/mol. The molecular formula is C22H23N3O3. The Bertz CT molecular complexity index is 940. The molecule has 2 aromatic rings. The average molecular weight is 377 g/mol. The summed E-state index contributed by atoms with van der Waals surface area (Å²) < 4.78 is 0. The number of benzene rings is 2. The van der Waals surface area contributed by atoms with Crippen LogP contribution in [-0.2, 0) is 16.0 Å². The van der Waals surface area contributed by atoms with Crippen LogP contribution in [-0.4, -0.2) is 41.8 Å². The Hall–Kier alpha value is -3.15. The van der Waals surface area contributed by atoms with Crippen molar-refractivity contribution in [2.45, 2.75) is 32.2 Å². The summed E-state index contributed by atoms with van der Waals surface area (Å²) in [4.78, 5) is 42.0. The number of fused-ring (bicyclic) bond motifs is 2. The molecule has 0 bridgehead atoms. The van der Waals surface area contributed by atoms with Crippen LogP contribution in [0.3, 0.4) is 0 Å². The summed E-state index contributed by atoms with van der Waals surface area (Å²) in [6.45, 7) is 2.48. The van der Waals surface area contributed by atoms with Gasteiger partial charge < -0.3 is 15.1 Å². The molecule has 1 N–H and O–H groups in total. The lowest BCUT2D eigenvalue weighted by Gasteiger charge is -2.25. The predicted octanol–water partition coefficient (Wildman–Crippen LogP) is 2.84. The molecule has 2 aliphatic heterocycles. The molecule has 1 saturated heterocycles. The van der Waals surface area contributed by atoms with Gasteiger partial charge in [-0.05, 0) is 43.0 Å². The summed E-state index contributed by atoms with van der Waals surface area (Å²) in [6.07, 6.45) is 2.23.